The van der Waals surface area contributed by atoms with Crippen LogP contribution in [-0.4, -0.2) is 49.1 Å². The van der Waals surface area contributed by atoms with Crippen molar-refractivity contribution in [2.75, 3.05) is 13.6 Å². The summed E-state index contributed by atoms with van der Waals surface area (Å²) < 4.78 is 27.8. The molecule has 3 fully saturated rings. The third-order valence-corrected chi connectivity index (χ3v) is 7.99. The fourth-order valence-electron chi connectivity index (χ4n) is 4.60. The first-order valence-electron chi connectivity index (χ1n) is 8.28. The number of hydroxylamine groups is 2. The molecule has 1 aliphatic carbocycles. The first-order valence-corrected chi connectivity index (χ1v) is 9.72. The Labute approximate surface area is 138 Å². The van der Waals surface area contributed by atoms with Gasteiger partial charge in [-0.1, -0.05) is 24.6 Å². The third kappa shape index (κ3) is 2.05. The lowest BCUT2D eigenvalue weighted by molar-refractivity contribution is -0.166. The first-order chi connectivity index (χ1) is 10.8. The number of aryl methyl sites for hydroxylation is 1. The summed E-state index contributed by atoms with van der Waals surface area (Å²) in [7, 11) is -1.52. The lowest BCUT2D eigenvalue weighted by Gasteiger charge is -2.27. The number of likely N-dealkylation sites (N-methyl/N-ethyl adjacent to an activating group) is 1. The van der Waals surface area contributed by atoms with Gasteiger partial charge in [-0.15, -0.1) is 0 Å². The van der Waals surface area contributed by atoms with Crippen molar-refractivity contribution >= 4 is 10.0 Å². The molecule has 4 rings (SSSR count). The molecule has 0 unspecified atom stereocenters. The smallest absolute Gasteiger partial charge is 0.243 e. The molecule has 0 aromatic heterocycles. The summed E-state index contributed by atoms with van der Waals surface area (Å²) >= 11 is 0. The number of hydrogen-bond acceptors (Lipinski definition) is 4. The molecule has 1 aromatic rings. The summed E-state index contributed by atoms with van der Waals surface area (Å²) in [6.07, 6.45) is 1.03. The van der Waals surface area contributed by atoms with E-state index in [2.05, 4.69) is 6.92 Å². The van der Waals surface area contributed by atoms with Crippen molar-refractivity contribution in [1.82, 2.24) is 9.37 Å². The summed E-state index contributed by atoms with van der Waals surface area (Å²) in [5.41, 5.74) is 0.930. The van der Waals surface area contributed by atoms with Gasteiger partial charge in [-0.25, -0.2) is 8.42 Å². The molecule has 23 heavy (non-hydrogen) atoms. The molecule has 5 atom stereocenters. The van der Waals surface area contributed by atoms with Crippen molar-refractivity contribution in [1.29, 1.82) is 0 Å². The summed E-state index contributed by atoms with van der Waals surface area (Å²) in [5.74, 6) is 0.770. The van der Waals surface area contributed by atoms with Crippen LogP contribution >= 0.6 is 0 Å². The van der Waals surface area contributed by atoms with Crippen LogP contribution < -0.4 is 0 Å². The second-order valence-corrected chi connectivity index (χ2v) is 9.31. The van der Waals surface area contributed by atoms with Crippen molar-refractivity contribution in [3.8, 4) is 0 Å². The van der Waals surface area contributed by atoms with Crippen LogP contribution in [0.2, 0.25) is 0 Å². The van der Waals surface area contributed by atoms with E-state index in [4.69, 9.17) is 4.84 Å². The van der Waals surface area contributed by atoms with E-state index >= 15 is 0 Å². The largest absolute Gasteiger partial charge is 0.292 e. The Morgan fingerprint density at radius 1 is 1.22 bits per heavy atom. The minimum atomic E-state index is -3.46. The Kier molecular flexibility index (Phi) is 3.24. The molecule has 126 valence electrons. The van der Waals surface area contributed by atoms with Gasteiger partial charge >= 0.3 is 0 Å². The maximum atomic E-state index is 13.1. The molecule has 6 heteroatoms. The molecule has 0 bridgehead atoms. The van der Waals surface area contributed by atoms with Crippen molar-refractivity contribution in [3.05, 3.63) is 29.8 Å². The zero-order valence-electron chi connectivity index (χ0n) is 14.1. The zero-order chi connectivity index (χ0) is 16.6. The van der Waals surface area contributed by atoms with Gasteiger partial charge in [0.2, 0.25) is 10.0 Å². The highest BCUT2D eigenvalue weighted by Crippen LogP contribution is 2.60. The standard InChI is InChI=1S/C17H24N2O3S/c1-11-5-7-14(8-6-11)23(20,21)19-10-15-16(13(19)3)18(4)22-17(15)9-12(17)2/h5-8,12-13,15-16H,9-10H2,1-4H3/t12-,13-,15-,16+,17+/m0/s1. The third-order valence-electron chi connectivity index (χ3n) is 6.03. The monoisotopic (exact) mass is 336 g/mol. The molecule has 0 N–H and O–H groups in total. The second-order valence-electron chi connectivity index (χ2n) is 7.42. The van der Waals surface area contributed by atoms with Gasteiger partial charge in [0.15, 0.2) is 0 Å². The van der Waals surface area contributed by atoms with E-state index in [0.717, 1.165) is 12.0 Å². The van der Waals surface area contributed by atoms with Gasteiger partial charge in [-0.2, -0.15) is 9.37 Å². The Balaban J connectivity index is 1.67. The predicted molar refractivity (Wildman–Crippen MR) is 87.2 cm³/mol. The van der Waals surface area contributed by atoms with Crippen LogP contribution in [0.5, 0.6) is 0 Å². The molecule has 3 aliphatic rings. The quantitative estimate of drug-likeness (QED) is 0.829. The van der Waals surface area contributed by atoms with Gasteiger partial charge in [-0.3, -0.25) is 4.84 Å². The zero-order valence-corrected chi connectivity index (χ0v) is 14.9. The first kappa shape index (κ1) is 15.6. The summed E-state index contributed by atoms with van der Waals surface area (Å²) in [6, 6.07) is 7.19. The highest BCUT2D eigenvalue weighted by molar-refractivity contribution is 7.89. The molecule has 0 amide bonds. The van der Waals surface area contributed by atoms with Crippen LogP contribution in [0.15, 0.2) is 29.2 Å². The van der Waals surface area contributed by atoms with E-state index in [0.29, 0.717) is 17.4 Å². The molecule has 1 saturated carbocycles. The molecular formula is C17H24N2O3S. The maximum absolute atomic E-state index is 13.1. The number of fused-ring (bicyclic) bond motifs is 2. The minimum Gasteiger partial charge on any atom is -0.292 e. The van der Waals surface area contributed by atoms with Gasteiger partial charge in [0.05, 0.1) is 16.5 Å². The lowest BCUT2D eigenvalue weighted by Crippen LogP contribution is -2.42. The summed E-state index contributed by atoms with van der Waals surface area (Å²) in [5, 5.41) is 1.91. The number of hydrogen-bond donors (Lipinski definition) is 0. The Morgan fingerprint density at radius 3 is 2.39 bits per heavy atom. The second kappa shape index (κ2) is 4.79. The summed E-state index contributed by atoms with van der Waals surface area (Å²) in [6.45, 7) is 6.71. The average molecular weight is 336 g/mol. The van der Waals surface area contributed by atoms with Gasteiger partial charge in [0.1, 0.15) is 0 Å². The lowest BCUT2D eigenvalue weighted by atomic mass is 9.92. The van der Waals surface area contributed by atoms with Crippen LogP contribution in [0.4, 0.5) is 0 Å². The van der Waals surface area contributed by atoms with E-state index in [1.807, 2.05) is 38.1 Å². The Morgan fingerprint density at radius 2 is 1.83 bits per heavy atom. The van der Waals surface area contributed by atoms with Crippen LogP contribution in [0.1, 0.15) is 25.8 Å². The Hall–Kier alpha value is -0.950. The topological polar surface area (TPSA) is 49.9 Å². The minimum absolute atomic E-state index is 0.0801. The van der Waals surface area contributed by atoms with Crippen LogP contribution in [0.3, 0.4) is 0 Å². The maximum Gasteiger partial charge on any atom is 0.243 e. The van der Waals surface area contributed by atoms with Gasteiger partial charge in [0.25, 0.3) is 0 Å². The van der Waals surface area contributed by atoms with Gasteiger partial charge in [-0.05, 0) is 38.3 Å². The van der Waals surface area contributed by atoms with Crippen molar-refractivity contribution in [3.63, 3.8) is 0 Å². The highest BCUT2D eigenvalue weighted by atomic mass is 32.2. The number of rotatable bonds is 2. The van der Waals surface area contributed by atoms with Crippen LogP contribution in [0.25, 0.3) is 0 Å². The number of nitrogens with zero attached hydrogens (tertiary/aromatic N) is 2. The van der Waals surface area contributed by atoms with E-state index in [1.165, 1.54) is 0 Å². The molecular weight excluding hydrogens is 312 g/mol. The van der Waals surface area contributed by atoms with Crippen molar-refractivity contribution in [2.45, 2.75) is 49.8 Å². The fraction of sp³-hybridized carbons (Fsp3) is 0.647. The predicted octanol–water partition coefficient (Wildman–Crippen LogP) is 2.03. The van der Waals surface area contributed by atoms with E-state index in [9.17, 15) is 8.42 Å². The molecule has 1 spiro atoms. The van der Waals surface area contributed by atoms with E-state index < -0.39 is 10.0 Å². The van der Waals surface area contributed by atoms with Gasteiger partial charge in [0, 0.05) is 25.6 Å². The molecule has 2 aliphatic heterocycles. The van der Waals surface area contributed by atoms with Crippen molar-refractivity contribution in [2.24, 2.45) is 11.8 Å². The molecule has 2 heterocycles. The highest BCUT2D eigenvalue weighted by Gasteiger charge is 2.70. The molecule has 1 aromatic carbocycles. The molecule has 0 radical (unpaired) electrons. The number of sulfonamides is 1. The van der Waals surface area contributed by atoms with Crippen LogP contribution in [-0.2, 0) is 14.9 Å². The van der Waals surface area contributed by atoms with Crippen molar-refractivity contribution < 1.29 is 13.3 Å². The van der Waals surface area contributed by atoms with E-state index in [-0.39, 0.29) is 23.6 Å². The van der Waals surface area contributed by atoms with E-state index in [1.54, 1.807) is 16.4 Å². The SMILES string of the molecule is Cc1ccc(S(=O)(=O)N2C[C@H]3[C@@H]([C@@H]2C)N(C)O[C@@]32C[C@@H]2C)cc1. The average Bonchev–Trinajstić information content (AvgIpc) is 2.87. The Bertz CT molecular complexity index is 733. The summed E-state index contributed by atoms with van der Waals surface area (Å²) in [4.78, 5) is 6.49. The molecule has 2 saturated heterocycles. The molecule has 5 nitrogen and oxygen atoms in total. The van der Waals surface area contributed by atoms with Crippen LogP contribution in [0, 0.1) is 18.8 Å². The normalized spacial score (nSPS) is 40.7. The number of benzene rings is 1. The van der Waals surface area contributed by atoms with Gasteiger partial charge < -0.3 is 0 Å². The fourth-order valence-corrected chi connectivity index (χ4v) is 6.27.